The van der Waals surface area contributed by atoms with Gasteiger partial charge in [0.25, 0.3) is 0 Å². The van der Waals surface area contributed by atoms with Gasteiger partial charge in [0.2, 0.25) is 15.9 Å². The van der Waals surface area contributed by atoms with Gasteiger partial charge in [0.15, 0.2) is 11.5 Å². The number of nitrogens with zero attached hydrogens (tertiary/aromatic N) is 1. The van der Waals surface area contributed by atoms with Crippen molar-refractivity contribution < 1.29 is 32.2 Å². The topological polar surface area (TPSA) is 103 Å². The molecule has 9 nitrogen and oxygen atoms in total. The number of ether oxygens (including phenoxy) is 4. The quantitative estimate of drug-likeness (QED) is 0.544. The Kier molecular flexibility index (Phi) is 8.24. The predicted molar refractivity (Wildman–Crippen MR) is 121 cm³/mol. The Morgan fingerprint density at radius 3 is 2.31 bits per heavy atom. The zero-order valence-electron chi connectivity index (χ0n) is 18.1. The summed E-state index contributed by atoms with van der Waals surface area (Å²) >= 11 is 1.32. The van der Waals surface area contributed by atoms with E-state index < -0.39 is 10.0 Å². The van der Waals surface area contributed by atoms with Gasteiger partial charge in [-0.3, -0.25) is 4.79 Å². The van der Waals surface area contributed by atoms with Crippen LogP contribution in [0.1, 0.15) is 0 Å². The minimum atomic E-state index is -3.79. The molecule has 32 heavy (non-hydrogen) atoms. The van der Waals surface area contributed by atoms with Gasteiger partial charge in [-0.1, -0.05) is 0 Å². The van der Waals surface area contributed by atoms with Gasteiger partial charge >= 0.3 is 0 Å². The van der Waals surface area contributed by atoms with Crippen LogP contribution >= 0.6 is 11.8 Å². The Morgan fingerprint density at radius 2 is 1.66 bits per heavy atom. The first-order valence-corrected chi connectivity index (χ1v) is 12.2. The molecule has 3 rings (SSSR count). The molecule has 0 aliphatic carbocycles. The van der Waals surface area contributed by atoms with Crippen LogP contribution in [0.3, 0.4) is 0 Å². The van der Waals surface area contributed by atoms with Gasteiger partial charge in [0, 0.05) is 23.7 Å². The van der Waals surface area contributed by atoms with Crippen molar-refractivity contribution in [1.82, 2.24) is 4.31 Å². The molecule has 0 aromatic heterocycles. The monoisotopic (exact) mass is 482 g/mol. The third-order valence-corrected chi connectivity index (χ3v) is 7.67. The van der Waals surface area contributed by atoms with Gasteiger partial charge in [0.1, 0.15) is 10.6 Å². The predicted octanol–water partition coefficient (Wildman–Crippen LogP) is 2.46. The van der Waals surface area contributed by atoms with E-state index in [1.807, 2.05) is 6.07 Å². The summed E-state index contributed by atoms with van der Waals surface area (Å²) in [6, 6.07) is 9.95. The summed E-state index contributed by atoms with van der Waals surface area (Å²) in [6.45, 7) is 1.21. The lowest BCUT2D eigenvalue weighted by molar-refractivity contribution is -0.113. The standard InChI is InChI=1S/C21H26N2O7S2/c1-27-17-7-5-16(13-19(17)29-3)31-14-21(24)22-15-4-6-18(28-2)20(12-15)32(25,26)23-8-10-30-11-9-23/h4-7,12-13H,8-11,14H2,1-3H3,(H,22,24). The highest BCUT2D eigenvalue weighted by Gasteiger charge is 2.29. The van der Waals surface area contributed by atoms with Crippen LogP contribution in [-0.4, -0.2) is 72.0 Å². The number of amides is 1. The largest absolute Gasteiger partial charge is 0.495 e. The average molecular weight is 483 g/mol. The van der Waals surface area contributed by atoms with Crippen molar-refractivity contribution in [3.05, 3.63) is 36.4 Å². The van der Waals surface area contributed by atoms with Gasteiger partial charge in [-0.25, -0.2) is 8.42 Å². The van der Waals surface area contributed by atoms with Crippen molar-refractivity contribution in [3.63, 3.8) is 0 Å². The molecule has 2 aromatic carbocycles. The van der Waals surface area contributed by atoms with Gasteiger partial charge in [-0.05, 0) is 36.4 Å². The maximum atomic E-state index is 13.1. The second-order valence-electron chi connectivity index (χ2n) is 6.74. The molecule has 1 amide bonds. The molecule has 1 N–H and O–H groups in total. The number of benzene rings is 2. The van der Waals surface area contributed by atoms with Crippen molar-refractivity contribution in [1.29, 1.82) is 0 Å². The molecule has 1 heterocycles. The van der Waals surface area contributed by atoms with Crippen molar-refractivity contribution >= 4 is 33.4 Å². The number of rotatable bonds is 9. The van der Waals surface area contributed by atoms with Gasteiger partial charge in [-0.2, -0.15) is 4.31 Å². The number of nitrogens with one attached hydrogen (secondary N) is 1. The first-order valence-electron chi connectivity index (χ1n) is 9.79. The zero-order chi connectivity index (χ0) is 23.1. The smallest absolute Gasteiger partial charge is 0.246 e. The highest BCUT2D eigenvalue weighted by molar-refractivity contribution is 8.00. The lowest BCUT2D eigenvalue weighted by atomic mass is 10.3. The molecule has 2 aromatic rings. The summed E-state index contributed by atoms with van der Waals surface area (Å²) in [7, 11) is 0.725. The second-order valence-corrected chi connectivity index (χ2v) is 9.69. The van der Waals surface area contributed by atoms with Crippen molar-refractivity contribution in [2.24, 2.45) is 0 Å². The van der Waals surface area contributed by atoms with Gasteiger partial charge in [-0.15, -0.1) is 11.8 Å². The van der Waals surface area contributed by atoms with Crippen LogP contribution in [-0.2, 0) is 19.6 Å². The molecule has 0 radical (unpaired) electrons. The van der Waals surface area contributed by atoms with Crippen LogP contribution in [0.4, 0.5) is 5.69 Å². The van der Waals surface area contributed by atoms with Gasteiger partial charge in [0.05, 0.1) is 40.3 Å². The number of sulfonamides is 1. The number of morpholine rings is 1. The number of thioether (sulfide) groups is 1. The molecule has 1 fully saturated rings. The van der Waals surface area contributed by atoms with Crippen LogP contribution in [0.25, 0.3) is 0 Å². The van der Waals surface area contributed by atoms with Crippen molar-refractivity contribution in [3.8, 4) is 17.2 Å². The summed E-state index contributed by atoms with van der Waals surface area (Å²) in [5, 5.41) is 2.75. The fourth-order valence-corrected chi connectivity index (χ4v) is 5.45. The third-order valence-electron chi connectivity index (χ3n) is 4.76. The first kappa shape index (κ1) is 24.2. The van der Waals surface area contributed by atoms with E-state index in [0.717, 1.165) is 4.90 Å². The van der Waals surface area contributed by atoms with E-state index >= 15 is 0 Å². The van der Waals surface area contributed by atoms with Crippen LogP contribution in [0.15, 0.2) is 46.2 Å². The van der Waals surface area contributed by atoms with E-state index in [4.69, 9.17) is 18.9 Å². The molecule has 0 spiro atoms. The summed E-state index contributed by atoms with van der Waals surface area (Å²) < 4.78 is 48.5. The van der Waals surface area contributed by atoms with Crippen LogP contribution in [0.5, 0.6) is 17.2 Å². The maximum Gasteiger partial charge on any atom is 0.246 e. The summed E-state index contributed by atoms with van der Waals surface area (Å²) in [4.78, 5) is 13.3. The molecule has 1 aliphatic heterocycles. The Balaban J connectivity index is 1.71. The Labute approximate surface area is 192 Å². The molecule has 174 valence electrons. The van der Waals surface area contributed by atoms with Crippen molar-refractivity contribution in [2.45, 2.75) is 9.79 Å². The van der Waals surface area contributed by atoms with E-state index in [0.29, 0.717) is 30.4 Å². The average Bonchev–Trinajstić information content (AvgIpc) is 2.83. The summed E-state index contributed by atoms with van der Waals surface area (Å²) in [5.74, 6) is 1.26. The van der Waals surface area contributed by atoms with Crippen LogP contribution in [0.2, 0.25) is 0 Å². The molecule has 0 saturated carbocycles. The Hall–Kier alpha value is -2.47. The van der Waals surface area contributed by atoms with E-state index in [9.17, 15) is 13.2 Å². The molecular weight excluding hydrogens is 456 g/mol. The number of hydrogen-bond donors (Lipinski definition) is 1. The zero-order valence-corrected chi connectivity index (χ0v) is 19.8. The minimum absolute atomic E-state index is 0.00671. The molecule has 1 saturated heterocycles. The molecule has 1 aliphatic rings. The van der Waals surface area contributed by atoms with Crippen LogP contribution < -0.4 is 19.5 Å². The number of carbonyl (C=O) groups excluding carboxylic acids is 1. The first-order chi connectivity index (χ1) is 15.4. The Morgan fingerprint density at radius 1 is 1.00 bits per heavy atom. The van der Waals surface area contributed by atoms with Crippen molar-refractivity contribution in [2.75, 3.05) is 58.7 Å². The summed E-state index contributed by atoms with van der Waals surface area (Å²) in [6.07, 6.45) is 0. The Bertz CT molecular complexity index is 1050. The molecular formula is C21H26N2O7S2. The molecule has 0 bridgehead atoms. The highest BCUT2D eigenvalue weighted by Crippen LogP contribution is 2.33. The molecule has 11 heteroatoms. The number of anilines is 1. The van der Waals surface area contributed by atoms with E-state index in [2.05, 4.69) is 5.32 Å². The normalized spacial score (nSPS) is 14.6. The van der Waals surface area contributed by atoms with E-state index in [1.54, 1.807) is 32.4 Å². The third kappa shape index (κ3) is 5.66. The van der Waals surface area contributed by atoms with E-state index in [1.165, 1.54) is 35.3 Å². The summed E-state index contributed by atoms with van der Waals surface area (Å²) in [5.41, 5.74) is 0.371. The van der Waals surface area contributed by atoms with Gasteiger partial charge < -0.3 is 24.3 Å². The fourth-order valence-electron chi connectivity index (χ4n) is 3.13. The number of carbonyl (C=O) groups is 1. The molecule has 0 atom stereocenters. The second kappa shape index (κ2) is 10.9. The number of methoxy groups -OCH3 is 3. The lowest BCUT2D eigenvalue weighted by Gasteiger charge is -2.26. The highest BCUT2D eigenvalue weighted by atomic mass is 32.2. The van der Waals surface area contributed by atoms with Crippen LogP contribution in [0, 0.1) is 0 Å². The van der Waals surface area contributed by atoms with E-state index in [-0.39, 0.29) is 35.4 Å². The maximum absolute atomic E-state index is 13.1. The fraction of sp³-hybridized carbons (Fsp3) is 0.381. The minimum Gasteiger partial charge on any atom is -0.495 e. The molecule has 0 unspecified atom stereocenters. The number of hydrogen-bond acceptors (Lipinski definition) is 8. The SMILES string of the molecule is COc1ccc(SCC(=O)Nc2ccc(OC)c(S(=O)(=O)N3CCOCC3)c2)cc1OC. The lowest BCUT2D eigenvalue weighted by Crippen LogP contribution is -2.40.